The molecule has 2 rings (SSSR count). The molecule has 1 heterocycles. The molecule has 0 aromatic heterocycles. The number of nitro groups is 1. The first kappa shape index (κ1) is 10.5. The third-order valence-electron chi connectivity index (χ3n) is 2.33. The van der Waals surface area contributed by atoms with E-state index in [1.54, 1.807) is 13.1 Å². The second kappa shape index (κ2) is 4.26. The summed E-state index contributed by atoms with van der Waals surface area (Å²) in [7, 11) is 1.63. The van der Waals surface area contributed by atoms with Crippen LogP contribution >= 0.6 is 0 Å². The summed E-state index contributed by atoms with van der Waals surface area (Å²) in [6.07, 6.45) is 0.775. The van der Waals surface area contributed by atoms with Gasteiger partial charge in [-0.05, 0) is 0 Å². The molecule has 0 bridgehead atoms. The van der Waals surface area contributed by atoms with E-state index >= 15 is 0 Å². The normalized spacial score (nSPS) is 14.1. The molecule has 0 fully saturated rings. The quantitative estimate of drug-likeness (QED) is 0.612. The van der Waals surface area contributed by atoms with E-state index in [2.05, 4.69) is 5.32 Å². The van der Waals surface area contributed by atoms with Crippen molar-refractivity contribution >= 4 is 11.4 Å². The Morgan fingerprint density at radius 2 is 1.94 bits per heavy atom. The molecule has 0 saturated heterocycles. The van der Waals surface area contributed by atoms with Crippen LogP contribution in [-0.4, -0.2) is 25.2 Å². The number of nitrogens with zero attached hydrogens (tertiary/aromatic N) is 1. The lowest BCUT2D eigenvalue weighted by molar-refractivity contribution is -0.384. The fraction of sp³-hybridized carbons (Fsp3) is 0.400. The minimum atomic E-state index is -0.444. The van der Waals surface area contributed by atoms with Gasteiger partial charge in [-0.2, -0.15) is 0 Å². The number of anilines is 1. The highest BCUT2D eigenvalue weighted by Gasteiger charge is 2.20. The minimum absolute atomic E-state index is 0.00764. The van der Waals surface area contributed by atoms with Crippen molar-refractivity contribution in [3.05, 3.63) is 22.2 Å². The zero-order valence-electron chi connectivity index (χ0n) is 8.86. The van der Waals surface area contributed by atoms with Crippen molar-refractivity contribution in [1.29, 1.82) is 0 Å². The Balaban J connectivity index is 2.48. The maximum atomic E-state index is 10.8. The van der Waals surface area contributed by atoms with Crippen LogP contribution in [0.4, 0.5) is 11.4 Å². The first-order valence-corrected chi connectivity index (χ1v) is 4.98. The zero-order valence-corrected chi connectivity index (χ0v) is 8.86. The molecule has 0 spiro atoms. The van der Waals surface area contributed by atoms with E-state index in [1.165, 1.54) is 6.07 Å². The number of benzene rings is 1. The van der Waals surface area contributed by atoms with E-state index in [-0.39, 0.29) is 5.69 Å². The van der Waals surface area contributed by atoms with Gasteiger partial charge in [0.2, 0.25) is 0 Å². The van der Waals surface area contributed by atoms with E-state index in [0.717, 1.165) is 6.42 Å². The van der Waals surface area contributed by atoms with Crippen molar-refractivity contribution in [1.82, 2.24) is 0 Å². The monoisotopic (exact) mass is 224 g/mol. The second-order valence-electron chi connectivity index (χ2n) is 3.37. The molecule has 1 aliphatic rings. The molecule has 86 valence electrons. The Morgan fingerprint density at radius 1 is 1.31 bits per heavy atom. The molecule has 0 amide bonds. The summed E-state index contributed by atoms with van der Waals surface area (Å²) >= 11 is 0. The van der Waals surface area contributed by atoms with Crippen molar-refractivity contribution in [3.8, 4) is 11.5 Å². The number of hydrogen-bond acceptors (Lipinski definition) is 5. The average Bonchev–Trinajstić information content (AvgIpc) is 2.51. The van der Waals surface area contributed by atoms with Crippen LogP contribution in [0.2, 0.25) is 0 Å². The molecule has 0 atom stereocenters. The van der Waals surface area contributed by atoms with Gasteiger partial charge in [0.1, 0.15) is 5.69 Å². The first-order chi connectivity index (χ1) is 7.72. The van der Waals surface area contributed by atoms with E-state index < -0.39 is 4.92 Å². The summed E-state index contributed by atoms with van der Waals surface area (Å²) in [4.78, 5) is 10.4. The van der Waals surface area contributed by atoms with Crippen LogP contribution in [0.5, 0.6) is 11.5 Å². The van der Waals surface area contributed by atoms with Gasteiger partial charge in [0, 0.05) is 19.5 Å². The molecule has 6 nitrogen and oxygen atoms in total. The van der Waals surface area contributed by atoms with Gasteiger partial charge in [-0.1, -0.05) is 0 Å². The third kappa shape index (κ3) is 1.86. The molecule has 16 heavy (non-hydrogen) atoms. The Labute approximate surface area is 92.3 Å². The predicted molar refractivity (Wildman–Crippen MR) is 58.3 cm³/mol. The summed E-state index contributed by atoms with van der Waals surface area (Å²) in [5.41, 5.74) is 0.418. The van der Waals surface area contributed by atoms with Gasteiger partial charge in [0.05, 0.1) is 24.2 Å². The first-order valence-electron chi connectivity index (χ1n) is 4.98. The fourth-order valence-corrected chi connectivity index (χ4v) is 1.55. The van der Waals surface area contributed by atoms with Crippen molar-refractivity contribution in [2.45, 2.75) is 6.42 Å². The maximum absolute atomic E-state index is 10.8. The Morgan fingerprint density at radius 3 is 2.50 bits per heavy atom. The SMILES string of the molecule is CNc1cc2c(cc1[N+](=O)[O-])OCCCO2. The Bertz CT molecular complexity index is 420. The van der Waals surface area contributed by atoms with E-state index in [4.69, 9.17) is 9.47 Å². The van der Waals surface area contributed by atoms with Crippen LogP contribution in [-0.2, 0) is 0 Å². The largest absolute Gasteiger partial charge is 0.489 e. The van der Waals surface area contributed by atoms with E-state index in [0.29, 0.717) is 30.4 Å². The molecular formula is C10H12N2O4. The van der Waals surface area contributed by atoms with Crippen molar-refractivity contribution < 1.29 is 14.4 Å². The van der Waals surface area contributed by atoms with Gasteiger partial charge in [-0.25, -0.2) is 0 Å². The lowest BCUT2D eigenvalue weighted by atomic mass is 10.2. The molecule has 6 heteroatoms. The van der Waals surface area contributed by atoms with Crippen molar-refractivity contribution in [2.75, 3.05) is 25.6 Å². The van der Waals surface area contributed by atoms with E-state index in [9.17, 15) is 10.1 Å². The molecule has 1 aromatic carbocycles. The summed E-state index contributed by atoms with van der Waals surface area (Å²) in [5, 5.41) is 13.6. The van der Waals surface area contributed by atoms with E-state index in [1.807, 2.05) is 0 Å². The molecule has 0 unspecified atom stereocenters. The molecule has 0 saturated carbocycles. The van der Waals surface area contributed by atoms with Gasteiger partial charge < -0.3 is 14.8 Å². The van der Waals surface area contributed by atoms with Gasteiger partial charge in [0.15, 0.2) is 11.5 Å². The van der Waals surface area contributed by atoms with Crippen LogP contribution < -0.4 is 14.8 Å². The molecule has 1 aromatic rings. The Hall–Kier alpha value is -1.98. The summed E-state index contributed by atoms with van der Waals surface area (Å²) in [6.45, 7) is 1.08. The highest BCUT2D eigenvalue weighted by Crippen LogP contribution is 2.38. The molecule has 1 aliphatic heterocycles. The highest BCUT2D eigenvalue weighted by atomic mass is 16.6. The van der Waals surface area contributed by atoms with Crippen LogP contribution in [0.15, 0.2) is 12.1 Å². The average molecular weight is 224 g/mol. The lowest BCUT2D eigenvalue weighted by Crippen LogP contribution is -1.99. The van der Waals surface area contributed by atoms with Crippen molar-refractivity contribution in [2.24, 2.45) is 0 Å². The molecule has 0 radical (unpaired) electrons. The smallest absolute Gasteiger partial charge is 0.296 e. The third-order valence-corrected chi connectivity index (χ3v) is 2.33. The van der Waals surface area contributed by atoms with Gasteiger partial charge >= 0.3 is 0 Å². The summed E-state index contributed by atoms with van der Waals surface area (Å²) in [5.74, 6) is 0.982. The number of nitrogens with one attached hydrogen (secondary N) is 1. The number of ether oxygens (including phenoxy) is 2. The Kier molecular flexibility index (Phi) is 2.80. The minimum Gasteiger partial charge on any atom is -0.489 e. The van der Waals surface area contributed by atoms with Crippen LogP contribution in [0.1, 0.15) is 6.42 Å². The maximum Gasteiger partial charge on any atom is 0.296 e. The molecule has 0 aliphatic carbocycles. The molecule has 1 N–H and O–H groups in total. The fourth-order valence-electron chi connectivity index (χ4n) is 1.55. The van der Waals surface area contributed by atoms with Crippen LogP contribution in [0.3, 0.4) is 0 Å². The van der Waals surface area contributed by atoms with Gasteiger partial charge in [-0.15, -0.1) is 0 Å². The van der Waals surface area contributed by atoms with Crippen molar-refractivity contribution in [3.63, 3.8) is 0 Å². The van der Waals surface area contributed by atoms with Crippen LogP contribution in [0.25, 0.3) is 0 Å². The van der Waals surface area contributed by atoms with Crippen LogP contribution in [0, 0.1) is 10.1 Å². The molecular weight excluding hydrogens is 212 g/mol. The zero-order chi connectivity index (χ0) is 11.5. The summed E-state index contributed by atoms with van der Waals surface area (Å²) in [6, 6.07) is 2.99. The lowest BCUT2D eigenvalue weighted by Gasteiger charge is -2.09. The number of rotatable bonds is 2. The predicted octanol–water partition coefficient (Wildman–Crippen LogP) is 1.80. The second-order valence-corrected chi connectivity index (χ2v) is 3.37. The number of hydrogen-bond donors (Lipinski definition) is 1. The topological polar surface area (TPSA) is 73.6 Å². The number of nitro benzene ring substituents is 1. The van der Waals surface area contributed by atoms with Gasteiger partial charge in [-0.3, -0.25) is 10.1 Å². The number of fused-ring (bicyclic) bond motifs is 1. The van der Waals surface area contributed by atoms with Gasteiger partial charge in [0.25, 0.3) is 5.69 Å². The highest BCUT2D eigenvalue weighted by molar-refractivity contribution is 5.68. The summed E-state index contributed by atoms with van der Waals surface area (Å²) < 4.78 is 10.8. The standard InChI is InChI=1S/C10H12N2O4/c1-11-7-5-9-10(6-8(7)12(13)14)16-4-2-3-15-9/h5-6,11H,2-4H2,1H3.